The second-order valence-electron chi connectivity index (χ2n) is 13.1. The zero-order valence-electron chi connectivity index (χ0n) is 21.3. The minimum Gasteiger partial charge on any atom is -0.390 e. The van der Waals surface area contributed by atoms with E-state index in [4.69, 9.17) is 14.2 Å². The first-order chi connectivity index (χ1) is 16.6. The van der Waals surface area contributed by atoms with Crippen LogP contribution in [-0.4, -0.2) is 91.0 Å². The van der Waals surface area contributed by atoms with E-state index in [1.165, 1.54) is 77.7 Å². The molecule has 1 N–H and O–H groups in total. The lowest BCUT2D eigenvalue weighted by Gasteiger charge is -2.49. The van der Waals surface area contributed by atoms with E-state index >= 15 is 0 Å². The Balaban J connectivity index is 0.872. The molecule has 2 aliphatic carbocycles. The number of hydrogen-bond donors (Lipinski definition) is 1. The highest BCUT2D eigenvalue weighted by Crippen LogP contribution is 2.52. The largest absolute Gasteiger partial charge is 0.390 e. The molecule has 34 heavy (non-hydrogen) atoms. The van der Waals surface area contributed by atoms with E-state index in [2.05, 4.69) is 23.6 Å². The fraction of sp³-hybridized carbons (Fsp3) is 1.00. The fourth-order valence-electron chi connectivity index (χ4n) is 9.20. The summed E-state index contributed by atoms with van der Waals surface area (Å²) in [5.74, 6) is 3.54. The van der Waals surface area contributed by atoms with Crippen molar-refractivity contribution < 1.29 is 19.3 Å². The van der Waals surface area contributed by atoms with Crippen LogP contribution >= 0.6 is 0 Å². The van der Waals surface area contributed by atoms with Gasteiger partial charge in [-0.1, -0.05) is 13.8 Å². The van der Waals surface area contributed by atoms with Gasteiger partial charge in [-0.2, -0.15) is 0 Å². The highest BCUT2D eigenvalue weighted by atomic mass is 16.8. The summed E-state index contributed by atoms with van der Waals surface area (Å²) in [7, 11) is 0. The third-order valence-corrected chi connectivity index (χ3v) is 11.8. The van der Waals surface area contributed by atoms with Crippen LogP contribution in [0.15, 0.2) is 0 Å². The number of aliphatic hydroxyl groups excluding tert-OH is 1. The Morgan fingerprint density at radius 3 is 2.44 bits per heavy atom. The monoisotopic (exact) mass is 474 g/mol. The van der Waals surface area contributed by atoms with Gasteiger partial charge in [0, 0.05) is 12.0 Å². The van der Waals surface area contributed by atoms with Crippen LogP contribution in [0, 0.1) is 35.0 Å². The maximum Gasteiger partial charge on any atom is 0.184 e. The van der Waals surface area contributed by atoms with Crippen LogP contribution in [-0.2, 0) is 14.2 Å². The van der Waals surface area contributed by atoms with E-state index in [9.17, 15) is 5.11 Å². The molecule has 7 aliphatic rings. The number of aliphatic hydroxyl groups is 1. The zero-order valence-corrected chi connectivity index (χ0v) is 21.3. The van der Waals surface area contributed by atoms with E-state index < -0.39 is 0 Å². The number of hydrogen-bond acceptors (Lipinski definition) is 6. The maximum atomic E-state index is 10.5. The van der Waals surface area contributed by atoms with Crippen molar-refractivity contribution in [2.45, 2.75) is 102 Å². The molecular weight excluding hydrogens is 428 g/mol. The number of fused-ring (bicyclic) bond motifs is 4. The molecule has 0 bridgehead atoms. The van der Waals surface area contributed by atoms with Crippen LogP contribution in [0.4, 0.5) is 0 Å². The van der Waals surface area contributed by atoms with Gasteiger partial charge < -0.3 is 24.2 Å². The minimum atomic E-state index is -0.235. The Bertz CT molecular complexity index is 747. The third kappa shape index (κ3) is 3.81. The molecule has 5 saturated heterocycles. The van der Waals surface area contributed by atoms with Crippen LogP contribution in [0.5, 0.6) is 0 Å². The first-order valence-corrected chi connectivity index (χ1v) is 14.6. The molecule has 0 aromatic rings. The van der Waals surface area contributed by atoms with Crippen LogP contribution < -0.4 is 0 Å². The van der Waals surface area contributed by atoms with Gasteiger partial charge in [-0.05, 0) is 113 Å². The standard InChI is InChI=1S/C28H46N2O4/c1-3-19-22(25-26(33-25)23(19)31)30-14-9-28(10-15-30)7-12-29(13-8-28)11-6-18-4-5-20-21(17(18)2)16-32-27-24(20)34-27/h17-27,31H,3-16H2,1-2H3. The SMILES string of the molecule is CCC1C(O)C2OC2C1N1CCC2(CCN(CCC3CCC4C(COC5OC54)C3C)CC2)CC1. The second-order valence-corrected chi connectivity index (χ2v) is 13.1. The summed E-state index contributed by atoms with van der Waals surface area (Å²) >= 11 is 0. The molecule has 2 saturated carbocycles. The fourth-order valence-corrected chi connectivity index (χ4v) is 9.20. The average Bonchev–Trinajstić information content (AvgIpc) is 3.78. The van der Waals surface area contributed by atoms with E-state index in [-0.39, 0.29) is 18.5 Å². The summed E-state index contributed by atoms with van der Waals surface area (Å²) in [6.45, 7) is 11.9. The van der Waals surface area contributed by atoms with Crippen molar-refractivity contribution in [3.63, 3.8) is 0 Å². The van der Waals surface area contributed by atoms with Gasteiger partial charge in [-0.15, -0.1) is 0 Å². The van der Waals surface area contributed by atoms with Crippen LogP contribution in [0.3, 0.4) is 0 Å². The van der Waals surface area contributed by atoms with Gasteiger partial charge >= 0.3 is 0 Å². The molecular formula is C28H46N2O4. The lowest BCUT2D eigenvalue weighted by atomic mass is 9.65. The van der Waals surface area contributed by atoms with E-state index in [0.29, 0.717) is 29.6 Å². The predicted molar refractivity (Wildman–Crippen MR) is 129 cm³/mol. The van der Waals surface area contributed by atoms with Crippen molar-refractivity contribution in [3.8, 4) is 0 Å². The Morgan fingerprint density at radius 2 is 1.68 bits per heavy atom. The van der Waals surface area contributed by atoms with Gasteiger partial charge in [0.05, 0.1) is 12.7 Å². The number of epoxide rings is 2. The number of ether oxygens (including phenoxy) is 3. The Hall–Kier alpha value is -0.240. The summed E-state index contributed by atoms with van der Waals surface area (Å²) in [4.78, 5) is 5.46. The van der Waals surface area contributed by atoms with Crippen LogP contribution in [0.1, 0.15) is 65.2 Å². The molecule has 0 aromatic carbocycles. The van der Waals surface area contributed by atoms with Gasteiger partial charge in [0.1, 0.15) is 18.3 Å². The van der Waals surface area contributed by atoms with Gasteiger partial charge in [-0.3, -0.25) is 4.90 Å². The molecule has 192 valence electrons. The van der Waals surface area contributed by atoms with Gasteiger partial charge in [0.2, 0.25) is 0 Å². The van der Waals surface area contributed by atoms with E-state index in [0.717, 1.165) is 36.7 Å². The number of likely N-dealkylation sites (tertiary alicyclic amines) is 2. The second kappa shape index (κ2) is 8.66. The highest BCUT2D eigenvalue weighted by molar-refractivity contribution is 5.13. The van der Waals surface area contributed by atoms with Crippen molar-refractivity contribution in [2.24, 2.45) is 35.0 Å². The Labute approximate surface area is 205 Å². The van der Waals surface area contributed by atoms with E-state index in [1.54, 1.807) is 0 Å². The van der Waals surface area contributed by atoms with Crippen molar-refractivity contribution in [2.75, 3.05) is 39.3 Å². The zero-order chi connectivity index (χ0) is 23.0. The summed E-state index contributed by atoms with van der Waals surface area (Å²) in [6.07, 6.45) is 11.4. The minimum absolute atomic E-state index is 0.136. The Morgan fingerprint density at radius 1 is 0.912 bits per heavy atom. The summed E-state index contributed by atoms with van der Waals surface area (Å²) in [6, 6.07) is 0.464. The number of nitrogens with zero attached hydrogens (tertiary/aromatic N) is 2. The maximum absolute atomic E-state index is 10.5. The lowest BCUT2D eigenvalue weighted by Crippen LogP contribution is -2.52. The number of rotatable bonds is 5. The molecule has 7 rings (SSSR count). The summed E-state index contributed by atoms with van der Waals surface area (Å²) in [5.41, 5.74) is 0.571. The lowest BCUT2D eigenvalue weighted by molar-refractivity contribution is -0.0451. The van der Waals surface area contributed by atoms with Crippen molar-refractivity contribution >= 4 is 0 Å². The van der Waals surface area contributed by atoms with Gasteiger partial charge in [-0.25, -0.2) is 0 Å². The summed E-state index contributed by atoms with van der Waals surface area (Å²) in [5, 5.41) is 10.5. The molecule has 6 heteroatoms. The predicted octanol–water partition coefficient (Wildman–Crippen LogP) is 3.12. The smallest absolute Gasteiger partial charge is 0.184 e. The average molecular weight is 475 g/mol. The molecule has 11 atom stereocenters. The highest BCUT2D eigenvalue weighted by Gasteiger charge is 2.63. The topological polar surface area (TPSA) is 61.0 Å². The number of piperidine rings is 2. The van der Waals surface area contributed by atoms with Gasteiger partial charge in [0.15, 0.2) is 6.29 Å². The van der Waals surface area contributed by atoms with Crippen LogP contribution in [0.25, 0.3) is 0 Å². The van der Waals surface area contributed by atoms with Crippen molar-refractivity contribution in [1.82, 2.24) is 9.80 Å². The molecule has 5 heterocycles. The molecule has 0 aromatic heterocycles. The Kier molecular flexibility index (Phi) is 5.84. The normalized spacial score (nSPS) is 52.1. The third-order valence-electron chi connectivity index (χ3n) is 11.8. The first-order valence-electron chi connectivity index (χ1n) is 14.6. The summed E-state index contributed by atoms with van der Waals surface area (Å²) < 4.78 is 17.5. The first kappa shape index (κ1) is 22.9. The van der Waals surface area contributed by atoms with Crippen LogP contribution in [0.2, 0.25) is 0 Å². The quantitative estimate of drug-likeness (QED) is 0.618. The molecule has 11 unspecified atom stereocenters. The molecule has 0 amide bonds. The molecule has 1 spiro atoms. The molecule has 7 fully saturated rings. The van der Waals surface area contributed by atoms with Gasteiger partial charge in [0.25, 0.3) is 0 Å². The molecule has 0 radical (unpaired) electrons. The van der Waals surface area contributed by atoms with E-state index in [1.807, 2.05) is 0 Å². The van der Waals surface area contributed by atoms with Crippen molar-refractivity contribution in [3.05, 3.63) is 0 Å². The van der Waals surface area contributed by atoms with Crippen molar-refractivity contribution in [1.29, 1.82) is 0 Å². The molecule has 5 aliphatic heterocycles. The molecule has 6 nitrogen and oxygen atoms in total.